The van der Waals surface area contributed by atoms with Crippen LogP contribution < -0.4 is 20.7 Å². The minimum absolute atomic E-state index is 0. The molecule has 0 heterocycles. The number of ether oxygens (including phenoxy) is 1. The fraction of sp³-hybridized carbons (Fsp3) is 0.556. The van der Waals surface area contributed by atoms with Gasteiger partial charge in [0.25, 0.3) is 0 Å². The molecule has 1 amide bonds. The fourth-order valence-electron chi connectivity index (χ4n) is 2.37. The Balaban J connectivity index is 0.00000392. The normalized spacial score (nSPS) is 13.7. The third-order valence-electron chi connectivity index (χ3n) is 3.81. The molecule has 0 aliphatic heterocycles. The van der Waals surface area contributed by atoms with E-state index in [2.05, 4.69) is 25.7 Å². The van der Waals surface area contributed by atoms with Crippen LogP contribution in [-0.4, -0.2) is 37.6 Å². The van der Waals surface area contributed by atoms with E-state index in [0.29, 0.717) is 48.5 Å². The number of benzene rings is 1. The van der Waals surface area contributed by atoms with Crippen molar-refractivity contribution in [3.8, 4) is 5.75 Å². The zero-order valence-corrected chi connectivity index (χ0v) is 18.7. The van der Waals surface area contributed by atoms with Crippen LogP contribution in [0.4, 0.5) is 8.78 Å². The van der Waals surface area contributed by atoms with Gasteiger partial charge in [-0.2, -0.15) is 8.78 Å². The first kappa shape index (κ1) is 24.7. The molecule has 1 aromatic carbocycles. The van der Waals surface area contributed by atoms with Crippen molar-refractivity contribution in [1.82, 2.24) is 16.0 Å². The molecule has 0 bridgehead atoms. The Morgan fingerprint density at radius 2 is 2.11 bits per heavy atom. The first-order valence-electron chi connectivity index (χ1n) is 9.02. The van der Waals surface area contributed by atoms with Gasteiger partial charge in [-0.15, -0.1) is 24.0 Å². The molecule has 1 fully saturated rings. The zero-order valence-electron chi connectivity index (χ0n) is 15.6. The van der Waals surface area contributed by atoms with E-state index in [1.54, 1.807) is 6.07 Å². The molecule has 0 radical (unpaired) electrons. The van der Waals surface area contributed by atoms with Crippen LogP contribution in [0.2, 0.25) is 5.02 Å². The molecule has 0 unspecified atom stereocenters. The number of halogens is 4. The summed E-state index contributed by atoms with van der Waals surface area (Å²) in [6.07, 6.45) is 3.26. The Hall–Kier alpha value is -1.36. The lowest BCUT2D eigenvalue weighted by atomic mass is 10.2. The first-order valence-corrected chi connectivity index (χ1v) is 9.40. The number of rotatable bonds is 10. The number of carbonyl (C=O) groups excluding carboxylic acids is 1. The standard InChI is InChI=1S/C18H25ClF2N4O2.HI/c1-2-22-18(23-9-3-4-16(26)25-14-6-7-14)24-11-12-10-13(19)5-8-15(12)27-17(20)21;/h5,8,10,14,17H,2-4,6-7,9,11H2,1H3,(H,25,26)(H2,22,23,24);1H. The van der Waals surface area contributed by atoms with Crippen molar-refractivity contribution in [3.05, 3.63) is 28.8 Å². The van der Waals surface area contributed by atoms with Crippen molar-refractivity contribution in [2.75, 3.05) is 13.1 Å². The number of nitrogens with one attached hydrogen (secondary N) is 3. The molecule has 0 atom stereocenters. The lowest BCUT2D eigenvalue weighted by Gasteiger charge is -2.13. The third kappa shape index (κ3) is 9.72. The summed E-state index contributed by atoms with van der Waals surface area (Å²) in [7, 11) is 0. The highest BCUT2D eigenvalue weighted by atomic mass is 127. The van der Waals surface area contributed by atoms with Gasteiger partial charge in [0.1, 0.15) is 5.75 Å². The van der Waals surface area contributed by atoms with Crippen LogP contribution in [0, 0.1) is 0 Å². The predicted octanol–water partition coefficient (Wildman–Crippen LogP) is 3.67. The molecule has 10 heteroatoms. The summed E-state index contributed by atoms with van der Waals surface area (Å²) >= 11 is 5.94. The van der Waals surface area contributed by atoms with Crippen molar-refractivity contribution >= 4 is 47.4 Å². The number of carbonyl (C=O) groups is 1. The Morgan fingerprint density at radius 3 is 2.75 bits per heavy atom. The summed E-state index contributed by atoms with van der Waals surface area (Å²) in [5, 5.41) is 9.56. The second-order valence-electron chi connectivity index (χ2n) is 6.20. The van der Waals surface area contributed by atoms with Crippen LogP contribution in [0.25, 0.3) is 0 Å². The monoisotopic (exact) mass is 530 g/mol. The van der Waals surface area contributed by atoms with E-state index < -0.39 is 6.61 Å². The van der Waals surface area contributed by atoms with E-state index in [1.807, 2.05) is 6.92 Å². The molecule has 3 N–H and O–H groups in total. The summed E-state index contributed by atoms with van der Waals surface area (Å²) in [6.45, 7) is 0.344. The molecule has 0 spiro atoms. The summed E-state index contributed by atoms with van der Waals surface area (Å²) in [6, 6.07) is 4.81. The van der Waals surface area contributed by atoms with Gasteiger partial charge in [-0.1, -0.05) is 11.6 Å². The van der Waals surface area contributed by atoms with Gasteiger partial charge in [0, 0.05) is 36.1 Å². The van der Waals surface area contributed by atoms with Gasteiger partial charge in [-0.05, 0) is 44.4 Å². The second-order valence-corrected chi connectivity index (χ2v) is 6.63. The second kappa shape index (κ2) is 13.0. The molecule has 6 nitrogen and oxygen atoms in total. The molecule has 2 rings (SSSR count). The topological polar surface area (TPSA) is 74.8 Å². The van der Waals surface area contributed by atoms with Gasteiger partial charge in [0.05, 0.1) is 6.54 Å². The lowest BCUT2D eigenvalue weighted by Crippen LogP contribution is -2.38. The van der Waals surface area contributed by atoms with E-state index in [1.165, 1.54) is 12.1 Å². The van der Waals surface area contributed by atoms with Crippen molar-refractivity contribution in [2.45, 2.75) is 51.8 Å². The van der Waals surface area contributed by atoms with Gasteiger partial charge >= 0.3 is 6.61 Å². The third-order valence-corrected chi connectivity index (χ3v) is 4.04. The first-order chi connectivity index (χ1) is 13.0. The average molecular weight is 531 g/mol. The maximum absolute atomic E-state index is 12.5. The van der Waals surface area contributed by atoms with Crippen LogP contribution >= 0.6 is 35.6 Å². The van der Waals surface area contributed by atoms with Gasteiger partial charge in [-0.3, -0.25) is 4.79 Å². The molecule has 1 aromatic rings. The molecular formula is C18H26ClF2IN4O2. The average Bonchev–Trinajstić information content (AvgIpc) is 3.42. The Labute approximate surface area is 185 Å². The van der Waals surface area contributed by atoms with Crippen LogP contribution in [0.3, 0.4) is 0 Å². The number of alkyl halides is 2. The minimum atomic E-state index is -2.91. The van der Waals surface area contributed by atoms with Crippen molar-refractivity contribution in [2.24, 2.45) is 4.99 Å². The van der Waals surface area contributed by atoms with Gasteiger partial charge in [-0.25, -0.2) is 4.99 Å². The van der Waals surface area contributed by atoms with Crippen LogP contribution in [-0.2, 0) is 11.3 Å². The molecule has 1 aliphatic rings. The summed E-state index contributed by atoms with van der Waals surface area (Å²) in [4.78, 5) is 16.0. The quantitative estimate of drug-likeness (QED) is 0.187. The van der Waals surface area contributed by atoms with Crippen molar-refractivity contribution in [3.63, 3.8) is 0 Å². The Bertz CT molecular complexity index is 660. The fourth-order valence-corrected chi connectivity index (χ4v) is 2.57. The molecule has 158 valence electrons. The number of aliphatic imine (C=N–C) groups is 1. The Kier molecular flexibility index (Phi) is 11.4. The van der Waals surface area contributed by atoms with Gasteiger partial charge < -0.3 is 20.7 Å². The Morgan fingerprint density at radius 1 is 1.36 bits per heavy atom. The summed E-state index contributed by atoms with van der Waals surface area (Å²) < 4.78 is 29.6. The highest BCUT2D eigenvalue weighted by molar-refractivity contribution is 14.0. The minimum Gasteiger partial charge on any atom is -0.434 e. The molecule has 1 saturated carbocycles. The van der Waals surface area contributed by atoms with Crippen molar-refractivity contribution < 1.29 is 18.3 Å². The highest BCUT2D eigenvalue weighted by Gasteiger charge is 2.22. The van der Waals surface area contributed by atoms with E-state index >= 15 is 0 Å². The molecule has 0 aromatic heterocycles. The highest BCUT2D eigenvalue weighted by Crippen LogP contribution is 2.25. The maximum Gasteiger partial charge on any atom is 0.387 e. The number of amides is 1. The number of guanidine groups is 1. The van der Waals surface area contributed by atoms with Crippen LogP contribution in [0.1, 0.15) is 38.2 Å². The zero-order chi connectivity index (χ0) is 19.6. The van der Waals surface area contributed by atoms with Crippen LogP contribution in [0.15, 0.2) is 23.2 Å². The number of hydrogen-bond donors (Lipinski definition) is 3. The van der Waals surface area contributed by atoms with Gasteiger partial charge in [0.15, 0.2) is 5.96 Å². The van der Waals surface area contributed by atoms with E-state index in [4.69, 9.17) is 11.6 Å². The predicted molar refractivity (Wildman–Crippen MR) is 117 cm³/mol. The smallest absolute Gasteiger partial charge is 0.387 e. The van der Waals surface area contributed by atoms with Crippen LogP contribution in [0.5, 0.6) is 5.75 Å². The lowest BCUT2D eigenvalue weighted by molar-refractivity contribution is -0.121. The SMILES string of the molecule is CCNC(=NCc1cc(Cl)ccc1OC(F)F)NCCCC(=O)NC1CC1.I. The summed E-state index contributed by atoms with van der Waals surface area (Å²) in [5.74, 6) is 0.641. The van der Waals surface area contributed by atoms with E-state index in [0.717, 1.165) is 12.8 Å². The largest absolute Gasteiger partial charge is 0.434 e. The number of nitrogens with zero attached hydrogens (tertiary/aromatic N) is 1. The molecule has 1 aliphatic carbocycles. The van der Waals surface area contributed by atoms with E-state index in [-0.39, 0.29) is 42.2 Å². The molecule has 28 heavy (non-hydrogen) atoms. The molecular weight excluding hydrogens is 505 g/mol. The van der Waals surface area contributed by atoms with Crippen molar-refractivity contribution in [1.29, 1.82) is 0 Å². The molecule has 0 saturated heterocycles. The summed E-state index contributed by atoms with van der Waals surface area (Å²) in [5.41, 5.74) is 0.462. The number of hydrogen-bond acceptors (Lipinski definition) is 3. The van der Waals surface area contributed by atoms with E-state index in [9.17, 15) is 13.6 Å². The van der Waals surface area contributed by atoms with Gasteiger partial charge in [0.2, 0.25) is 5.91 Å². The maximum atomic E-state index is 12.5.